The van der Waals surface area contributed by atoms with E-state index in [-0.39, 0.29) is 5.56 Å². The second-order valence-corrected chi connectivity index (χ2v) is 10.8. The molecule has 0 N–H and O–H groups in total. The summed E-state index contributed by atoms with van der Waals surface area (Å²) in [6.45, 7) is -7.48. The Morgan fingerprint density at radius 2 is 1.38 bits per heavy atom. The third kappa shape index (κ3) is 3.89. The first-order chi connectivity index (χ1) is 29.2. The first kappa shape index (κ1) is 14.0. The molecule has 0 fully saturated rings. The van der Waals surface area contributed by atoms with Gasteiger partial charge in [-0.3, -0.25) is 0 Å². The Bertz CT molecular complexity index is 3220. The van der Waals surface area contributed by atoms with E-state index in [9.17, 15) is 6.85 Å². The van der Waals surface area contributed by atoms with Crippen molar-refractivity contribution in [3.8, 4) is 39.4 Å². The smallest absolute Gasteiger partial charge is 0.131 e. The summed E-state index contributed by atoms with van der Waals surface area (Å²) in [5.74, 6) is -1.84. The summed E-state index contributed by atoms with van der Waals surface area (Å²) in [5.41, 5.74) is -4.47. The van der Waals surface area contributed by atoms with E-state index in [1.54, 1.807) is 12.1 Å². The number of hydrogen-bond donors (Lipinski definition) is 0. The molecule has 214 valence electrons. The standard InChI is InChI=1S/C43H31NO/c1-43(2)36-16-8-9-18-39(36)45-40-26-24-31(27-37(40)43)28-19-21-30(22-20-28)33-15-10-17-38-41(33)35-25-23-29-11-6-7-14-34(29)42(35)44(38)32-12-4-3-5-13-32/h3-27H,1-2H3/i1D3,2D3,8D,9D,16D,18D,19D,20D,21D,22D,24D,26D,27D. The van der Waals surface area contributed by atoms with Crippen LogP contribution in [0.15, 0.2) is 151 Å². The Balaban J connectivity index is 1.37. The fourth-order valence-corrected chi connectivity index (χ4v) is 6.18. The molecule has 1 aliphatic heterocycles. The van der Waals surface area contributed by atoms with Crippen molar-refractivity contribution in [3.05, 3.63) is 163 Å². The SMILES string of the molecule is [2H]c1c([2H])c([2H])c2c(c1[2H])Oc1c([2H])c([2H])c(-c3c([2H])c([2H])c(-c4cccc5c4c4ccc6ccccc6c4n5-c4ccccc4)c([2H])c3[2H])c([2H])c1C2(C([2H])([2H])[2H])C([2H])([2H])[2H]. The fraction of sp³-hybridized carbons (Fsp3) is 0.0698. The van der Waals surface area contributed by atoms with Crippen molar-refractivity contribution < 1.29 is 28.0 Å². The Kier molecular flexibility index (Phi) is 3.02. The van der Waals surface area contributed by atoms with Gasteiger partial charge in [-0.05, 0) is 64.0 Å². The van der Waals surface area contributed by atoms with Crippen molar-refractivity contribution in [2.24, 2.45) is 0 Å². The minimum atomic E-state index is -3.74. The summed E-state index contributed by atoms with van der Waals surface area (Å²) in [7, 11) is 0. The van der Waals surface area contributed by atoms with Crippen LogP contribution in [0.3, 0.4) is 0 Å². The van der Waals surface area contributed by atoms with Crippen molar-refractivity contribution in [2.45, 2.75) is 19.1 Å². The third-order valence-corrected chi connectivity index (χ3v) is 8.22. The van der Waals surface area contributed by atoms with Gasteiger partial charge in [0.2, 0.25) is 0 Å². The van der Waals surface area contributed by atoms with Crippen LogP contribution in [0.2, 0.25) is 0 Å². The van der Waals surface area contributed by atoms with Crippen LogP contribution >= 0.6 is 0 Å². The van der Waals surface area contributed by atoms with Gasteiger partial charge in [0.15, 0.2) is 0 Å². The molecule has 2 heteroatoms. The Hall–Kier alpha value is -5.60. The highest BCUT2D eigenvalue weighted by Crippen LogP contribution is 2.49. The van der Waals surface area contributed by atoms with Crippen LogP contribution in [-0.4, -0.2) is 4.57 Å². The molecule has 1 aromatic heterocycles. The zero-order chi connectivity index (χ0) is 44.7. The number of fused-ring (bicyclic) bond motifs is 7. The highest BCUT2D eigenvalue weighted by molar-refractivity contribution is 6.22. The first-order valence-electron chi connectivity index (χ1n) is 22.7. The average Bonchev–Trinajstić information content (AvgIpc) is 3.59. The van der Waals surface area contributed by atoms with E-state index < -0.39 is 119 Å². The number of rotatable bonds is 3. The second-order valence-electron chi connectivity index (χ2n) is 10.8. The molecule has 2 heterocycles. The van der Waals surface area contributed by atoms with Gasteiger partial charge in [0.25, 0.3) is 0 Å². The molecule has 45 heavy (non-hydrogen) atoms. The van der Waals surface area contributed by atoms with E-state index in [4.69, 9.17) is 21.2 Å². The molecule has 0 spiro atoms. The highest BCUT2D eigenvalue weighted by atomic mass is 16.5. The molecular weight excluding hydrogens is 546 g/mol. The number of aromatic nitrogens is 1. The van der Waals surface area contributed by atoms with Gasteiger partial charge < -0.3 is 9.30 Å². The molecule has 7 aromatic carbocycles. The minimum absolute atomic E-state index is 0.135. The molecule has 9 rings (SSSR count). The molecule has 1 aliphatic rings. The highest BCUT2D eigenvalue weighted by Gasteiger charge is 2.34. The molecule has 0 saturated carbocycles. The molecule has 8 aromatic rings. The molecule has 0 unspecified atom stereocenters. The lowest BCUT2D eigenvalue weighted by molar-refractivity contribution is 0.418. The molecule has 0 saturated heterocycles. The van der Waals surface area contributed by atoms with Crippen molar-refractivity contribution in [2.75, 3.05) is 0 Å². The number of benzene rings is 7. The van der Waals surface area contributed by atoms with Gasteiger partial charge >= 0.3 is 0 Å². The second kappa shape index (κ2) is 9.70. The molecule has 0 aliphatic carbocycles. The van der Waals surface area contributed by atoms with Crippen LogP contribution in [0.5, 0.6) is 11.5 Å². The van der Waals surface area contributed by atoms with Crippen LogP contribution in [0, 0.1) is 0 Å². The average molecular weight is 595 g/mol. The van der Waals surface area contributed by atoms with Gasteiger partial charge in [0.1, 0.15) is 11.5 Å². The quantitative estimate of drug-likeness (QED) is 0.198. The van der Waals surface area contributed by atoms with E-state index in [0.29, 0.717) is 16.5 Å². The summed E-state index contributed by atoms with van der Waals surface area (Å²) in [6, 6.07) is 16.9. The van der Waals surface area contributed by atoms with E-state index >= 15 is 0 Å². The van der Waals surface area contributed by atoms with Gasteiger partial charge in [-0.25, -0.2) is 0 Å². The lowest BCUT2D eigenvalue weighted by Crippen LogP contribution is -2.24. The Labute approximate surface area is 286 Å². The zero-order valence-electron chi connectivity index (χ0n) is 40.4. The van der Waals surface area contributed by atoms with Gasteiger partial charge in [0.05, 0.1) is 26.1 Å². The topological polar surface area (TPSA) is 14.2 Å². The van der Waals surface area contributed by atoms with Gasteiger partial charge in [-0.1, -0.05) is 129 Å². The van der Waals surface area contributed by atoms with Crippen molar-refractivity contribution in [3.63, 3.8) is 0 Å². The van der Waals surface area contributed by atoms with Crippen LogP contribution in [0.1, 0.15) is 48.1 Å². The first-order valence-corrected chi connectivity index (χ1v) is 14.2. The Morgan fingerprint density at radius 1 is 0.622 bits per heavy atom. The van der Waals surface area contributed by atoms with Crippen molar-refractivity contribution in [1.29, 1.82) is 0 Å². The lowest BCUT2D eigenvalue weighted by Gasteiger charge is -2.34. The molecule has 0 amide bonds. The molecule has 0 atom stereocenters. The van der Waals surface area contributed by atoms with Crippen molar-refractivity contribution in [1.82, 2.24) is 4.57 Å². The maximum atomic E-state index is 9.51. The summed E-state index contributed by atoms with van der Waals surface area (Å²) < 4.78 is 159. The largest absolute Gasteiger partial charge is 0.457 e. The molecule has 0 bridgehead atoms. The normalized spacial score (nSPS) is 19.4. The number of ether oxygens (including phenoxy) is 1. The minimum Gasteiger partial charge on any atom is -0.457 e. The summed E-state index contributed by atoms with van der Waals surface area (Å²) in [6.07, 6.45) is 0. The number of nitrogens with zero attached hydrogens (tertiary/aromatic N) is 1. The van der Waals surface area contributed by atoms with E-state index in [0.717, 1.165) is 27.4 Å². The third-order valence-electron chi connectivity index (χ3n) is 8.22. The molecule has 2 nitrogen and oxygen atoms in total. The van der Waals surface area contributed by atoms with Crippen LogP contribution in [-0.2, 0) is 5.41 Å². The van der Waals surface area contributed by atoms with Gasteiger partial charge in [-0.15, -0.1) is 0 Å². The van der Waals surface area contributed by atoms with Crippen molar-refractivity contribution >= 4 is 32.6 Å². The van der Waals surface area contributed by atoms with Crippen LogP contribution < -0.4 is 4.74 Å². The monoisotopic (exact) mass is 594 g/mol. The summed E-state index contributed by atoms with van der Waals surface area (Å²) in [5, 5.41) is 3.23. The predicted molar refractivity (Wildman–Crippen MR) is 188 cm³/mol. The maximum absolute atomic E-state index is 9.51. The summed E-state index contributed by atoms with van der Waals surface area (Å²) in [4.78, 5) is 0. The van der Waals surface area contributed by atoms with Crippen LogP contribution in [0.4, 0.5) is 0 Å². The maximum Gasteiger partial charge on any atom is 0.131 e. The Morgan fingerprint density at radius 3 is 2.24 bits per heavy atom. The predicted octanol–water partition coefficient (Wildman–Crippen LogP) is 11.7. The summed E-state index contributed by atoms with van der Waals surface area (Å²) >= 11 is 0. The lowest BCUT2D eigenvalue weighted by atomic mass is 9.75. The van der Waals surface area contributed by atoms with E-state index in [1.165, 1.54) is 0 Å². The molecule has 0 radical (unpaired) electrons. The fourth-order valence-electron chi connectivity index (χ4n) is 6.18. The van der Waals surface area contributed by atoms with Crippen LogP contribution in [0.25, 0.3) is 60.5 Å². The number of para-hydroxylation sites is 2. The van der Waals surface area contributed by atoms with Gasteiger partial charge in [-0.2, -0.15) is 0 Å². The van der Waals surface area contributed by atoms with E-state index in [2.05, 4.69) is 4.57 Å². The molecular formula is C43H31NO. The number of hydrogen-bond acceptors (Lipinski definition) is 1. The van der Waals surface area contributed by atoms with E-state index in [1.807, 2.05) is 72.8 Å². The van der Waals surface area contributed by atoms with Gasteiger partial charge in [0, 0.05) is 46.6 Å². The zero-order valence-corrected chi connectivity index (χ0v) is 23.4.